The topological polar surface area (TPSA) is 38.3 Å². The molecule has 0 fully saturated rings. The largest absolute Gasteiger partial charge is 0.375 e. The zero-order valence-corrected chi connectivity index (χ0v) is 4.94. The second-order valence-corrected chi connectivity index (χ2v) is 1.28. The fraction of sp³-hybridized carbons (Fsp3) is 0.600. The molecule has 3 nitrogen and oxygen atoms in total. The Balaban J connectivity index is 3.06. The second kappa shape index (κ2) is 4.59. The van der Waals surface area contributed by atoms with Crippen molar-refractivity contribution >= 4 is 5.91 Å². The summed E-state index contributed by atoms with van der Waals surface area (Å²) in [5.41, 5.74) is 0. The summed E-state index contributed by atoms with van der Waals surface area (Å²) in [4.78, 5) is 10.4. The van der Waals surface area contributed by atoms with Gasteiger partial charge in [-0.3, -0.25) is 4.79 Å². The molecule has 0 unspecified atom stereocenters. The molecule has 0 aliphatic carbocycles. The number of nitrogens with one attached hydrogen (secondary N) is 1. The number of amides is 1. The van der Waals surface area contributed by atoms with E-state index in [1.807, 2.05) is 0 Å². The van der Waals surface area contributed by atoms with Crippen molar-refractivity contribution < 1.29 is 9.53 Å². The molecule has 0 saturated heterocycles. The number of carbonyl (C=O) groups is 1. The van der Waals surface area contributed by atoms with Gasteiger partial charge in [0.1, 0.15) is 6.61 Å². The number of methoxy groups -OCH3 is 1. The maximum absolute atomic E-state index is 10.4. The van der Waals surface area contributed by atoms with Gasteiger partial charge in [-0.1, -0.05) is 0 Å². The van der Waals surface area contributed by atoms with Gasteiger partial charge in [0.05, 0.1) is 0 Å². The van der Waals surface area contributed by atoms with E-state index in [0.717, 1.165) is 0 Å². The molecule has 0 aromatic rings. The minimum absolute atomic E-state index is 0.121. The van der Waals surface area contributed by atoms with Crippen LogP contribution in [0.5, 0.6) is 0 Å². The maximum atomic E-state index is 10.4. The van der Waals surface area contributed by atoms with Crippen LogP contribution in [0.25, 0.3) is 0 Å². The molecular formula is C5H10NO2. The molecule has 1 N–H and O–H groups in total. The van der Waals surface area contributed by atoms with Crippen LogP contribution in [-0.2, 0) is 9.53 Å². The van der Waals surface area contributed by atoms with E-state index in [0.29, 0.717) is 6.54 Å². The van der Waals surface area contributed by atoms with Gasteiger partial charge in [0.25, 0.3) is 0 Å². The third-order valence-corrected chi connectivity index (χ3v) is 0.598. The van der Waals surface area contributed by atoms with Crippen LogP contribution in [0.3, 0.4) is 0 Å². The third-order valence-electron chi connectivity index (χ3n) is 0.598. The molecule has 0 rings (SSSR count). The van der Waals surface area contributed by atoms with Crippen molar-refractivity contribution in [1.82, 2.24) is 5.32 Å². The van der Waals surface area contributed by atoms with Crippen molar-refractivity contribution in [2.24, 2.45) is 0 Å². The minimum Gasteiger partial charge on any atom is -0.375 e. The third kappa shape index (κ3) is 3.61. The van der Waals surface area contributed by atoms with Gasteiger partial charge >= 0.3 is 0 Å². The number of carbonyl (C=O) groups excluding carboxylic acids is 1. The lowest BCUT2D eigenvalue weighted by molar-refractivity contribution is -0.124. The molecule has 0 aromatic carbocycles. The van der Waals surface area contributed by atoms with Gasteiger partial charge in [-0.25, -0.2) is 0 Å². The number of rotatable bonds is 3. The van der Waals surface area contributed by atoms with Crippen LogP contribution in [0.2, 0.25) is 0 Å². The van der Waals surface area contributed by atoms with Gasteiger partial charge in [0, 0.05) is 13.7 Å². The molecule has 1 radical (unpaired) electrons. The lowest BCUT2D eigenvalue weighted by Crippen LogP contribution is -2.26. The van der Waals surface area contributed by atoms with Crippen molar-refractivity contribution in [3.05, 3.63) is 6.92 Å². The average Bonchev–Trinajstić information content (AvgIpc) is 1.68. The van der Waals surface area contributed by atoms with Crippen LogP contribution in [0.15, 0.2) is 0 Å². The Bertz CT molecular complexity index is 64.8. The van der Waals surface area contributed by atoms with Crippen LogP contribution < -0.4 is 5.32 Å². The number of hydrogen-bond donors (Lipinski definition) is 1. The van der Waals surface area contributed by atoms with Gasteiger partial charge < -0.3 is 10.1 Å². The number of hydrogen-bond acceptors (Lipinski definition) is 2. The monoisotopic (exact) mass is 116 g/mol. The lowest BCUT2D eigenvalue weighted by atomic mass is 10.6. The van der Waals surface area contributed by atoms with Crippen LogP contribution in [-0.4, -0.2) is 26.2 Å². The summed E-state index contributed by atoms with van der Waals surface area (Å²) >= 11 is 0. The van der Waals surface area contributed by atoms with E-state index < -0.39 is 0 Å². The zero-order chi connectivity index (χ0) is 6.41. The highest BCUT2D eigenvalue weighted by Gasteiger charge is 1.93. The zero-order valence-electron chi connectivity index (χ0n) is 4.94. The minimum atomic E-state index is -0.123. The first-order valence-corrected chi connectivity index (χ1v) is 2.36. The van der Waals surface area contributed by atoms with E-state index in [-0.39, 0.29) is 12.5 Å². The molecule has 3 heteroatoms. The maximum Gasteiger partial charge on any atom is 0.245 e. The standard InChI is InChI=1S/C5H10NO2/c1-3-6-5(7)4-8-2/h1,3-4H2,2H3,(H,6,7). The van der Waals surface area contributed by atoms with Gasteiger partial charge in [-0.2, -0.15) is 0 Å². The number of ether oxygens (including phenoxy) is 1. The van der Waals surface area contributed by atoms with E-state index in [1.54, 1.807) is 0 Å². The highest BCUT2D eigenvalue weighted by atomic mass is 16.5. The first-order chi connectivity index (χ1) is 3.81. The van der Waals surface area contributed by atoms with E-state index in [1.165, 1.54) is 7.11 Å². The summed E-state index contributed by atoms with van der Waals surface area (Å²) in [6.07, 6.45) is 0. The van der Waals surface area contributed by atoms with Crippen molar-refractivity contribution in [3.8, 4) is 0 Å². The SMILES string of the molecule is [CH2]CNC(=O)COC. The summed E-state index contributed by atoms with van der Waals surface area (Å²) in [5, 5.41) is 2.47. The Morgan fingerprint density at radius 3 is 2.88 bits per heavy atom. The lowest BCUT2D eigenvalue weighted by Gasteiger charge is -1.97. The highest BCUT2D eigenvalue weighted by molar-refractivity contribution is 5.77. The normalized spacial score (nSPS) is 8.75. The fourth-order valence-corrected chi connectivity index (χ4v) is 0.322. The quantitative estimate of drug-likeness (QED) is 0.544. The van der Waals surface area contributed by atoms with Crippen molar-refractivity contribution in [2.45, 2.75) is 0 Å². The van der Waals surface area contributed by atoms with Crippen molar-refractivity contribution in [1.29, 1.82) is 0 Å². The predicted octanol–water partition coefficient (Wildman–Crippen LogP) is -0.417. The van der Waals surface area contributed by atoms with Crippen LogP contribution >= 0.6 is 0 Å². The molecular weight excluding hydrogens is 106 g/mol. The van der Waals surface area contributed by atoms with Crippen LogP contribution in [0.1, 0.15) is 0 Å². The molecule has 0 aliphatic heterocycles. The molecule has 0 saturated carbocycles. The van der Waals surface area contributed by atoms with Gasteiger partial charge in [-0.15, -0.1) is 0 Å². The molecule has 8 heavy (non-hydrogen) atoms. The van der Waals surface area contributed by atoms with E-state index in [9.17, 15) is 4.79 Å². The summed E-state index contributed by atoms with van der Waals surface area (Å²) in [5.74, 6) is -0.123. The summed E-state index contributed by atoms with van der Waals surface area (Å²) in [6, 6.07) is 0. The smallest absolute Gasteiger partial charge is 0.245 e. The molecule has 0 atom stereocenters. The Hall–Kier alpha value is -0.570. The molecule has 47 valence electrons. The average molecular weight is 116 g/mol. The van der Waals surface area contributed by atoms with Crippen LogP contribution in [0.4, 0.5) is 0 Å². The molecule has 0 heterocycles. The molecule has 0 bridgehead atoms. The fourth-order valence-electron chi connectivity index (χ4n) is 0.322. The van der Waals surface area contributed by atoms with Gasteiger partial charge in [0.15, 0.2) is 0 Å². The first kappa shape index (κ1) is 7.43. The first-order valence-electron chi connectivity index (χ1n) is 2.36. The Morgan fingerprint density at radius 2 is 2.50 bits per heavy atom. The Kier molecular flexibility index (Phi) is 4.26. The molecule has 1 amide bonds. The predicted molar refractivity (Wildman–Crippen MR) is 30.2 cm³/mol. The molecule has 0 spiro atoms. The van der Waals surface area contributed by atoms with E-state index in [4.69, 9.17) is 0 Å². The Labute approximate surface area is 49.0 Å². The summed E-state index contributed by atoms with van der Waals surface area (Å²) < 4.78 is 4.52. The highest BCUT2D eigenvalue weighted by Crippen LogP contribution is 1.65. The Morgan fingerprint density at radius 1 is 1.88 bits per heavy atom. The second-order valence-electron chi connectivity index (χ2n) is 1.28. The van der Waals surface area contributed by atoms with E-state index >= 15 is 0 Å². The van der Waals surface area contributed by atoms with Gasteiger partial charge in [0.2, 0.25) is 5.91 Å². The molecule has 0 aliphatic rings. The summed E-state index contributed by atoms with van der Waals surface area (Å²) in [6.45, 7) is 3.96. The molecule has 0 aromatic heterocycles. The van der Waals surface area contributed by atoms with Crippen molar-refractivity contribution in [3.63, 3.8) is 0 Å². The van der Waals surface area contributed by atoms with Crippen molar-refractivity contribution in [2.75, 3.05) is 20.3 Å². The van der Waals surface area contributed by atoms with Crippen LogP contribution in [0, 0.1) is 6.92 Å². The summed E-state index contributed by atoms with van der Waals surface area (Å²) in [7, 11) is 1.47. The van der Waals surface area contributed by atoms with Gasteiger partial charge in [-0.05, 0) is 6.92 Å². The van der Waals surface area contributed by atoms with E-state index in [2.05, 4.69) is 17.0 Å².